The number of amides is 1. The van der Waals surface area contributed by atoms with Gasteiger partial charge in [0.25, 0.3) is 0 Å². The van der Waals surface area contributed by atoms with Gasteiger partial charge in [-0.3, -0.25) is 4.79 Å². The summed E-state index contributed by atoms with van der Waals surface area (Å²) >= 11 is 0. The Morgan fingerprint density at radius 3 is 2.67 bits per heavy atom. The Labute approximate surface area is 105 Å². The molecule has 4 heteroatoms. The number of hydrogen-bond acceptors (Lipinski definition) is 3. The topological polar surface area (TPSA) is 55.1 Å². The zero-order chi connectivity index (χ0) is 12.5. The van der Waals surface area contributed by atoms with Crippen molar-refractivity contribution in [1.29, 1.82) is 0 Å². The molecule has 3 rings (SSSR count). The highest BCUT2D eigenvalue weighted by atomic mass is 16.3. The molecule has 18 heavy (non-hydrogen) atoms. The van der Waals surface area contributed by atoms with Crippen LogP contribution in [0, 0.1) is 6.92 Å². The quantitative estimate of drug-likeness (QED) is 0.880. The molecule has 0 bridgehead atoms. The van der Waals surface area contributed by atoms with Gasteiger partial charge < -0.3 is 9.73 Å². The molecule has 1 aromatic heterocycles. The number of benzene rings is 1. The average Bonchev–Trinajstić information content (AvgIpc) is 2.98. The van der Waals surface area contributed by atoms with Crippen LogP contribution in [0.4, 0.5) is 0 Å². The Balaban J connectivity index is 1.85. The van der Waals surface area contributed by atoms with E-state index in [2.05, 4.69) is 10.3 Å². The molecule has 1 aliphatic rings. The first-order chi connectivity index (χ1) is 8.74. The lowest BCUT2D eigenvalue weighted by molar-refractivity contribution is -0.119. The van der Waals surface area contributed by atoms with Gasteiger partial charge in [0.2, 0.25) is 5.91 Å². The first-order valence-corrected chi connectivity index (χ1v) is 6.04. The van der Waals surface area contributed by atoms with E-state index in [4.69, 9.17) is 4.42 Å². The second-order valence-electron chi connectivity index (χ2n) is 4.55. The van der Waals surface area contributed by atoms with E-state index in [-0.39, 0.29) is 11.9 Å². The minimum absolute atomic E-state index is 0.134. The van der Waals surface area contributed by atoms with Gasteiger partial charge in [-0.1, -0.05) is 24.3 Å². The van der Waals surface area contributed by atoms with Gasteiger partial charge in [0.15, 0.2) is 12.2 Å². The van der Waals surface area contributed by atoms with Crippen molar-refractivity contribution in [3.05, 3.63) is 41.9 Å². The van der Waals surface area contributed by atoms with Crippen molar-refractivity contribution < 1.29 is 9.21 Å². The normalized spacial score (nSPS) is 18.9. The SMILES string of the molecule is Cc1ncoc1-c1ccc(C2CCC(=O)N2)cc1. The number of aryl methyl sites for hydroxylation is 1. The van der Waals surface area contributed by atoms with Crippen molar-refractivity contribution in [3.8, 4) is 11.3 Å². The molecule has 0 saturated carbocycles. The summed E-state index contributed by atoms with van der Waals surface area (Å²) in [5, 5.41) is 2.96. The summed E-state index contributed by atoms with van der Waals surface area (Å²) in [6.45, 7) is 1.92. The standard InChI is InChI=1S/C14H14N2O2/c1-9-14(18-8-15-9)11-4-2-10(3-5-11)12-6-7-13(17)16-12/h2-5,8,12H,6-7H2,1H3,(H,16,17). The molecular weight excluding hydrogens is 228 g/mol. The van der Waals surface area contributed by atoms with Gasteiger partial charge in [0.1, 0.15) is 0 Å². The molecule has 1 atom stereocenters. The van der Waals surface area contributed by atoms with E-state index < -0.39 is 0 Å². The highest BCUT2D eigenvalue weighted by Gasteiger charge is 2.22. The van der Waals surface area contributed by atoms with Crippen molar-refractivity contribution >= 4 is 5.91 Å². The Bertz CT molecular complexity index is 572. The van der Waals surface area contributed by atoms with Crippen molar-refractivity contribution in [2.75, 3.05) is 0 Å². The fraction of sp³-hybridized carbons (Fsp3) is 0.286. The summed E-state index contributed by atoms with van der Waals surface area (Å²) in [6.07, 6.45) is 2.95. The molecule has 1 saturated heterocycles. The smallest absolute Gasteiger partial charge is 0.220 e. The van der Waals surface area contributed by atoms with Crippen LogP contribution in [0.2, 0.25) is 0 Å². The van der Waals surface area contributed by atoms with E-state index in [1.165, 1.54) is 6.39 Å². The Kier molecular flexibility index (Phi) is 2.63. The molecule has 1 unspecified atom stereocenters. The molecule has 1 N–H and O–H groups in total. The van der Waals surface area contributed by atoms with E-state index in [1.54, 1.807) is 0 Å². The Morgan fingerprint density at radius 2 is 2.11 bits per heavy atom. The number of nitrogens with zero attached hydrogens (tertiary/aromatic N) is 1. The number of aromatic nitrogens is 1. The molecule has 4 nitrogen and oxygen atoms in total. The summed E-state index contributed by atoms with van der Waals surface area (Å²) in [4.78, 5) is 15.3. The number of oxazole rings is 1. The second kappa shape index (κ2) is 4.29. The van der Waals surface area contributed by atoms with Crippen molar-refractivity contribution in [1.82, 2.24) is 10.3 Å². The van der Waals surface area contributed by atoms with E-state index in [0.717, 1.165) is 29.0 Å². The van der Waals surface area contributed by atoms with Crippen LogP contribution in [-0.2, 0) is 4.79 Å². The van der Waals surface area contributed by atoms with Gasteiger partial charge in [0, 0.05) is 12.0 Å². The molecule has 0 radical (unpaired) electrons. The van der Waals surface area contributed by atoms with Crippen molar-refractivity contribution in [3.63, 3.8) is 0 Å². The fourth-order valence-electron chi connectivity index (χ4n) is 2.31. The predicted molar refractivity (Wildman–Crippen MR) is 66.8 cm³/mol. The summed E-state index contributed by atoms with van der Waals surface area (Å²) in [5.74, 6) is 0.937. The lowest BCUT2D eigenvalue weighted by atomic mass is 10.0. The van der Waals surface area contributed by atoms with Crippen LogP contribution in [-0.4, -0.2) is 10.9 Å². The number of hydrogen-bond donors (Lipinski definition) is 1. The fourth-order valence-corrected chi connectivity index (χ4v) is 2.31. The molecule has 0 spiro atoms. The van der Waals surface area contributed by atoms with Crippen molar-refractivity contribution in [2.45, 2.75) is 25.8 Å². The third kappa shape index (κ3) is 1.90. The number of carbonyl (C=O) groups excluding carboxylic acids is 1. The third-order valence-electron chi connectivity index (χ3n) is 3.32. The highest BCUT2D eigenvalue weighted by molar-refractivity contribution is 5.78. The van der Waals surface area contributed by atoms with Gasteiger partial charge in [-0.2, -0.15) is 0 Å². The first-order valence-electron chi connectivity index (χ1n) is 6.04. The molecular formula is C14H14N2O2. The summed E-state index contributed by atoms with van der Waals surface area (Å²) < 4.78 is 5.35. The molecule has 1 aromatic carbocycles. The van der Waals surface area contributed by atoms with E-state index in [1.807, 2.05) is 31.2 Å². The summed E-state index contributed by atoms with van der Waals surface area (Å²) in [6, 6.07) is 8.24. The number of nitrogens with one attached hydrogen (secondary N) is 1. The Morgan fingerprint density at radius 1 is 1.33 bits per heavy atom. The minimum Gasteiger partial charge on any atom is -0.443 e. The van der Waals surface area contributed by atoms with Crippen LogP contribution >= 0.6 is 0 Å². The molecule has 1 aliphatic heterocycles. The van der Waals surface area contributed by atoms with Crippen LogP contribution in [0.3, 0.4) is 0 Å². The van der Waals surface area contributed by atoms with Crippen LogP contribution in [0.5, 0.6) is 0 Å². The largest absolute Gasteiger partial charge is 0.443 e. The van der Waals surface area contributed by atoms with Gasteiger partial charge in [0.05, 0.1) is 11.7 Å². The molecule has 92 valence electrons. The van der Waals surface area contributed by atoms with Crippen molar-refractivity contribution in [2.24, 2.45) is 0 Å². The van der Waals surface area contributed by atoms with Crippen LogP contribution in [0.1, 0.15) is 30.1 Å². The maximum absolute atomic E-state index is 11.2. The molecule has 2 heterocycles. The average molecular weight is 242 g/mol. The van der Waals surface area contributed by atoms with E-state index in [0.29, 0.717) is 6.42 Å². The molecule has 2 aromatic rings. The van der Waals surface area contributed by atoms with Gasteiger partial charge in [-0.15, -0.1) is 0 Å². The summed E-state index contributed by atoms with van der Waals surface area (Å²) in [7, 11) is 0. The van der Waals surface area contributed by atoms with Gasteiger partial charge in [-0.05, 0) is 18.9 Å². The number of rotatable bonds is 2. The zero-order valence-corrected chi connectivity index (χ0v) is 10.1. The van der Waals surface area contributed by atoms with Crippen LogP contribution in [0.15, 0.2) is 35.1 Å². The Hall–Kier alpha value is -2.10. The van der Waals surface area contributed by atoms with Crippen LogP contribution in [0.25, 0.3) is 11.3 Å². The van der Waals surface area contributed by atoms with Gasteiger partial charge >= 0.3 is 0 Å². The first kappa shape index (κ1) is 11.0. The molecule has 0 aliphatic carbocycles. The maximum atomic E-state index is 11.2. The maximum Gasteiger partial charge on any atom is 0.220 e. The highest BCUT2D eigenvalue weighted by Crippen LogP contribution is 2.27. The zero-order valence-electron chi connectivity index (χ0n) is 10.1. The third-order valence-corrected chi connectivity index (χ3v) is 3.32. The molecule has 1 amide bonds. The predicted octanol–water partition coefficient (Wildman–Crippen LogP) is 2.60. The monoisotopic (exact) mass is 242 g/mol. The lowest BCUT2D eigenvalue weighted by Gasteiger charge is -2.10. The molecule has 1 fully saturated rings. The number of carbonyl (C=O) groups is 1. The van der Waals surface area contributed by atoms with E-state index >= 15 is 0 Å². The summed E-state index contributed by atoms with van der Waals surface area (Å²) in [5.41, 5.74) is 3.04. The minimum atomic E-state index is 0.134. The van der Waals surface area contributed by atoms with Gasteiger partial charge in [-0.25, -0.2) is 4.98 Å². The van der Waals surface area contributed by atoms with E-state index in [9.17, 15) is 4.79 Å². The lowest BCUT2D eigenvalue weighted by Crippen LogP contribution is -2.18. The van der Waals surface area contributed by atoms with Crippen LogP contribution < -0.4 is 5.32 Å². The second-order valence-corrected chi connectivity index (χ2v) is 4.55.